The SMILES string of the molecule is Cc1cnc2nc(-c3ccc(N)cc3)[nH]c2c1. The molecule has 0 aliphatic heterocycles. The zero-order valence-electron chi connectivity index (χ0n) is 9.44. The third kappa shape index (κ3) is 1.73. The van der Waals surface area contributed by atoms with Gasteiger partial charge in [-0.3, -0.25) is 0 Å². The van der Waals surface area contributed by atoms with Crippen molar-refractivity contribution in [2.24, 2.45) is 0 Å². The number of hydrogen-bond acceptors (Lipinski definition) is 3. The Hall–Kier alpha value is -2.36. The van der Waals surface area contributed by atoms with Crippen LogP contribution in [0.4, 0.5) is 5.69 Å². The highest BCUT2D eigenvalue weighted by Gasteiger charge is 2.05. The molecule has 17 heavy (non-hydrogen) atoms. The van der Waals surface area contributed by atoms with Crippen molar-refractivity contribution in [1.29, 1.82) is 0 Å². The normalized spacial score (nSPS) is 10.9. The Morgan fingerprint density at radius 2 is 1.94 bits per heavy atom. The number of aromatic amines is 1. The molecule has 0 bridgehead atoms. The molecule has 0 saturated heterocycles. The Labute approximate surface area is 98.5 Å². The average Bonchev–Trinajstić information content (AvgIpc) is 2.72. The molecular formula is C13H12N4. The van der Waals surface area contributed by atoms with Gasteiger partial charge in [0.05, 0.1) is 5.52 Å². The van der Waals surface area contributed by atoms with E-state index in [4.69, 9.17) is 5.73 Å². The van der Waals surface area contributed by atoms with E-state index in [0.29, 0.717) is 0 Å². The lowest BCUT2D eigenvalue weighted by atomic mass is 10.2. The molecule has 0 radical (unpaired) electrons. The quantitative estimate of drug-likeness (QED) is 0.624. The number of nitrogens with one attached hydrogen (secondary N) is 1. The number of imidazole rings is 1. The lowest BCUT2D eigenvalue weighted by Crippen LogP contribution is -1.84. The van der Waals surface area contributed by atoms with Crippen LogP contribution in [0.2, 0.25) is 0 Å². The number of nitrogen functional groups attached to an aromatic ring is 1. The maximum Gasteiger partial charge on any atom is 0.178 e. The molecule has 0 atom stereocenters. The van der Waals surface area contributed by atoms with Crippen LogP contribution < -0.4 is 5.73 Å². The van der Waals surface area contributed by atoms with Crippen molar-refractivity contribution in [1.82, 2.24) is 15.0 Å². The minimum Gasteiger partial charge on any atom is -0.399 e. The summed E-state index contributed by atoms with van der Waals surface area (Å²) in [6.45, 7) is 2.01. The van der Waals surface area contributed by atoms with Crippen molar-refractivity contribution >= 4 is 16.9 Å². The van der Waals surface area contributed by atoms with E-state index in [-0.39, 0.29) is 0 Å². The Morgan fingerprint density at radius 3 is 2.71 bits per heavy atom. The van der Waals surface area contributed by atoms with Crippen LogP contribution in [-0.4, -0.2) is 15.0 Å². The van der Waals surface area contributed by atoms with Gasteiger partial charge in [-0.2, -0.15) is 0 Å². The van der Waals surface area contributed by atoms with Gasteiger partial charge >= 0.3 is 0 Å². The highest BCUT2D eigenvalue weighted by molar-refractivity contribution is 5.76. The molecule has 0 spiro atoms. The van der Waals surface area contributed by atoms with Crippen LogP contribution >= 0.6 is 0 Å². The van der Waals surface area contributed by atoms with Crippen LogP contribution in [0.25, 0.3) is 22.6 Å². The van der Waals surface area contributed by atoms with Gasteiger partial charge in [0.2, 0.25) is 0 Å². The topological polar surface area (TPSA) is 67.6 Å². The lowest BCUT2D eigenvalue weighted by Gasteiger charge is -1.96. The molecule has 0 aliphatic carbocycles. The summed E-state index contributed by atoms with van der Waals surface area (Å²) in [7, 11) is 0. The number of H-pyrrole nitrogens is 1. The second-order valence-corrected chi connectivity index (χ2v) is 4.09. The zero-order chi connectivity index (χ0) is 11.8. The molecular weight excluding hydrogens is 212 g/mol. The van der Waals surface area contributed by atoms with Crippen LogP contribution in [0.5, 0.6) is 0 Å². The molecule has 0 aliphatic rings. The smallest absolute Gasteiger partial charge is 0.178 e. The number of pyridine rings is 1. The predicted octanol–water partition coefficient (Wildman–Crippen LogP) is 2.52. The van der Waals surface area contributed by atoms with E-state index in [1.54, 1.807) is 0 Å². The highest BCUT2D eigenvalue weighted by Crippen LogP contribution is 2.20. The Balaban J connectivity index is 2.14. The molecule has 3 rings (SSSR count). The first-order valence-electron chi connectivity index (χ1n) is 5.41. The summed E-state index contributed by atoms with van der Waals surface area (Å²) in [6, 6.07) is 9.65. The van der Waals surface area contributed by atoms with E-state index in [1.165, 1.54) is 0 Å². The van der Waals surface area contributed by atoms with Crippen LogP contribution in [0.1, 0.15) is 5.56 Å². The summed E-state index contributed by atoms with van der Waals surface area (Å²) in [5.41, 5.74) is 10.2. The molecule has 3 aromatic rings. The first-order valence-corrected chi connectivity index (χ1v) is 5.41. The van der Waals surface area contributed by atoms with Gasteiger partial charge < -0.3 is 10.7 Å². The van der Waals surface area contributed by atoms with Crippen molar-refractivity contribution in [3.05, 3.63) is 42.1 Å². The van der Waals surface area contributed by atoms with E-state index in [1.807, 2.05) is 43.5 Å². The van der Waals surface area contributed by atoms with Crippen molar-refractivity contribution < 1.29 is 0 Å². The fourth-order valence-electron chi connectivity index (χ4n) is 1.78. The molecule has 4 nitrogen and oxygen atoms in total. The van der Waals surface area contributed by atoms with Crippen LogP contribution in [0, 0.1) is 6.92 Å². The highest BCUT2D eigenvalue weighted by atomic mass is 15.0. The van der Waals surface area contributed by atoms with E-state index in [0.717, 1.165) is 33.8 Å². The number of hydrogen-bond donors (Lipinski definition) is 2. The summed E-state index contributed by atoms with van der Waals surface area (Å²) in [6.07, 6.45) is 1.82. The summed E-state index contributed by atoms with van der Waals surface area (Å²) in [5, 5.41) is 0. The summed E-state index contributed by atoms with van der Waals surface area (Å²) in [4.78, 5) is 12.0. The zero-order valence-corrected chi connectivity index (χ0v) is 9.44. The van der Waals surface area contributed by atoms with Gasteiger partial charge in [0.15, 0.2) is 5.65 Å². The number of fused-ring (bicyclic) bond motifs is 1. The lowest BCUT2D eigenvalue weighted by molar-refractivity contribution is 1.28. The molecule has 0 fully saturated rings. The summed E-state index contributed by atoms with van der Waals surface area (Å²) in [5.74, 6) is 0.818. The van der Waals surface area contributed by atoms with Gasteiger partial charge in [0, 0.05) is 17.4 Å². The number of nitrogens with two attached hydrogens (primary N) is 1. The minimum absolute atomic E-state index is 0.738. The Kier molecular flexibility index (Phi) is 2.08. The number of aryl methyl sites for hydroxylation is 1. The van der Waals surface area contributed by atoms with E-state index < -0.39 is 0 Å². The van der Waals surface area contributed by atoms with Crippen molar-refractivity contribution in [3.8, 4) is 11.4 Å². The number of benzene rings is 1. The van der Waals surface area contributed by atoms with Gasteiger partial charge in [-0.05, 0) is 42.8 Å². The molecule has 2 aromatic heterocycles. The maximum absolute atomic E-state index is 5.66. The molecule has 0 amide bonds. The summed E-state index contributed by atoms with van der Waals surface area (Å²) < 4.78 is 0. The van der Waals surface area contributed by atoms with Gasteiger partial charge in [0.1, 0.15) is 5.82 Å². The molecule has 3 N–H and O–H groups in total. The molecule has 0 saturated carbocycles. The molecule has 2 heterocycles. The predicted molar refractivity (Wildman–Crippen MR) is 68.5 cm³/mol. The standard InChI is InChI=1S/C13H12N4/c1-8-6-11-13(15-7-8)17-12(16-11)9-2-4-10(14)5-3-9/h2-7H,14H2,1H3,(H,15,16,17). The van der Waals surface area contributed by atoms with E-state index in [9.17, 15) is 0 Å². The van der Waals surface area contributed by atoms with E-state index >= 15 is 0 Å². The van der Waals surface area contributed by atoms with Crippen LogP contribution in [0.15, 0.2) is 36.5 Å². The number of aromatic nitrogens is 3. The van der Waals surface area contributed by atoms with Gasteiger partial charge in [-0.25, -0.2) is 9.97 Å². The molecule has 1 aromatic carbocycles. The van der Waals surface area contributed by atoms with Crippen molar-refractivity contribution in [3.63, 3.8) is 0 Å². The Bertz CT molecular complexity index is 667. The van der Waals surface area contributed by atoms with Gasteiger partial charge in [-0.15, -0.1) is 0 Å². The monoisotopic (exact) mass is 224 g/mol. The van der Waals surface area contributed by atoms with Gasteiger partial charge in [0.25, 0.3) is 0 Å². The molecule has 4 heteroatoms. The Morgan fingerprint density at radius 1 is 1.18 bits per heavy atom. The first-order chi connectivity index (χ1) is 8.22. The third-order valence-corrected chi connectivity index (χ3v) is 2.66. The number of anilines is 1. The van der Waals surface area contributed by atoms with Crippen molar-refractivity contribution in [2.75, 3.05) is 5.73 Å². The average molecular weight is 224 g/mol. The maximum atomic E-state index is 5.66. The fourth-order valence-corrected chi connectivity index (χ4v) is 1.78. The number of nitrogens with zero attached hydrogens (tertiary/aromatic N) is 2. The third-order valence-electron chi connectivity index (χ3n) is 2.66. The van der Waals surface area contributed by atoms with Gasteiger partial charge in [-0.1, -0.05) is 0 Å². The second kappa shape index (κ2) is 3.59. The first kappa shape index (κ1) is 9.84. The second-order valence-electron chi connectivity index (χ2n) is 4.09. The summed E-state index contributed by atoms with van der Waals surface area (Å²) >= 11 is 0. The number of rotatable bonds is 1. The molecule has 84 valence electrons. The molecule has 0 unspecified atom stereocenters. The van der Waals surface area contributed by atoms with E-state index in [2.05, 4.69) is 15.0 Å². The minimum atomic E-state index is 0.738. The van der Waals surface area contributed by atoms with Crippen LogP contribution in [0.3, 0.4) is 0 Å². The van der Waals surface area contributed by atoms with Crippen molar-refractivity contribution in [2.45, 2.75) is 6.92 Å². The van der Waals surface area contributed by atoms with Crippen LogP contribution in [-0.2, 0) is 0 Å². The largest absolute Gasteiger partial charge is 0.399 e. The fraction of sp³-hybridized carbons (Fsp3) is 0.0769.